The zero-order chi connectivity index (χ0) is 13.5. The van der Waals surface area contributed by atoms with Crippen molar-refractivity contribution in [3.8, 4) is 0 Å². The van der Waals surface area contributed by atoms with Crippen LogP contribution in [0.25, 0.3) is 0 Å². The smallest absolute Gasteiger partial charge is 0.220 e. The molecule has 4 heteroatoms. The molecule has 0 fully saturated rings. The van der Waals surface area contributed by atoms with Crippen LogP contribution in [0.2, 0.25) is 5.02 Å². The fourth-order valence-electron chi connectivity index (χ4n) is 1.86. The van der Waals surface area contributed by atoms with E-state index in [2.05, 4.69) is 5.32 Å². The Kier molecular flexibility index (Phi) is 6.16. The van der Waals surface area contributed by atoms with Gasteiger partial charge in [-0.05, 0) is 31.0 Å². The van der Waals surface area contributed by atoms with Gasteiger partial charge in [-0.3, -0.25) is 4.79 Å². The van der Waals surface area contributed by atoms with Crippen molar-refractivity contribution in [3.63, 3.8) is 0 Å². The lowest BCUT2D eigenvalue weighted by molar-refractivity contribution is -0.122. The Morgan fingerprint density at radius 2 is 2.11 bits per heavy atom. The molecule has 18 heavy (non-hydrogen) atoms. The molecule has 0 aliphatic carbocycles. The summed E-state index contributed by atoms with van der Waals surface area (Å²) in [5, 5.41) is 3.63. The number of rotatable bonds is 6. The summed E-state index contributed by atoms with van der Waals surface area (Å²) in [4.78, 5) is 11.9. The van der Waals surface area contributed by atoms with Crippen LogP contribution in [0.3, 0.4) is 0 Å². The number of nitrogens with one attached hydrogen (secondary N) is 1. The summed E-state index contributed by atoms with van der Waals surface area (Å²) in [5.74, 6) is 0.281. The van der Waals surface area contributed by atoms with Crippen molar-refractivity contribution in [2.24, 2.45) is 11.7 Å². The van der Waals surface area contributed by atoms with E-state index in [1.54, 1.807) is 0 Å². The Bertz CT molecular complexity index is 391. The summed E-state index contributed by atoms with van der Waals surface area (Å²) in [5.41, 5.74) is 6.53. The van der Waals surface area contributed by atoms with E-state index in [0.717, 1.165) is 12.0 Å². The van der Waals surface area contributed by atoms with Gasteiger partial charge in [0.2, 0.25) is 5.91 Å². The van der Waals surface area contributed by atoms with E-state index in [9.17, 15) is 4.79 Å². The van der Waals surface area contributed by atoms with Gasteiger partial charge in [-0.1, -0.05) is 43.1 Å². The maximum Gasteiger partial charge on any atom is 0.220 e. The Hall–Kier alpha value is -1.06. The largest absolute Gasteiger partial charge is 0.350 e. The van der Waals surface area contributed by atoms with Gasteiger partial charge in [0.15, 0.2) is 0 Å². The standard InChI is InChI=1S/C14H21ClN2O/c1-3-11(9-16)8-14(18)17-10(2)12-6-4-5-7-13(12)15/h4-7,10-11H,3,8-9,16H2,1-2H3,(H,17,18)/t10-,11?/m0/s1. The van der Waals surface area contributed by atoms with Crippen LogP contribution in [0, 0.1) is 5.92 Å². The maximum absolute atomic E-state index is 11.9. The van der Waals surface area contributed by atoms with E-state index >= 15 is 0 Å². The van der Waals surface area contributed by atoms with Gasteiger partial charge in [0.05, 0.1) is 6.04 Å². The molecule has 1 rings (SSSR count). The second-order valence-electron chi connectivity index (χ2n) is 4.52. The molecule has 0 radical (unpaired) electrons. The van der Waals surface area contributed by atoms with Gasteiger partial charge < -0.3 is 11.1 Å². The first-order valence-electron chi connectivity index (χ1n) is 6.32. The summed E-state index contributed by atoms with van der Waals surface area (Å²) in [6, 6.07) is 7.46. The molecule has 1 aromatic carbocycles. The minimum absolute atomic E-state index is 0.0275. The van der Waals surface area contributed by atoms with Crippen LogP contribution < -0.4 is 11.1 Å². The molecule has 1 unspecified atom stereocenters. The van der Waals surface area contributed by atoms with Crippen LogP contribution in [0.15, 0.2) is 24.3 Å². The van der Waals surface area contributed by atoms with Crippen molar-refractivity contribution in [2.45, 2.75) is 32.7 Å². The van der Waals surface area contributed by atoms with Crippen LogP contribution in [-0.4, -0.2) is 12.5 Å². The third-order valence-corrected chi connectivity index (χ3v) is 3.48. The van der Waals surface area contributed by atoms with E-state index in [1.807, 2.05) is 38.1 Å². The lowest BCUT2D eigenvalue weighted by Crippen LogP contribution is -2.30. The second-order valence-corrected chi connectivity index (χ2v) is 4.93. The van der Waals surface area contributed by atoms with Crippen LogP contribution in [0.1, 0.15) is 38.3 Å². The van der Waals surface area contributed by atoms with E-state index in [0.29, 0.717) is 18.0 Å². The Morgan fingerprint density at radius 3 is 2.67 bits per heavy atom. The van der Waals surface area contributed by atoms with Crippen molar-refractivity contribution >= 4 is 17.5 Å². The zero-order valence-electron chi connectivity index (χ0n) is 10.9. The Labute approximate surface area is 114 Å². The fourth-order valence-corrected chi connectivity index (χ4v) is 2.16. The van der Waals surface area contributed by atoms with Crippen molar-refractivity contribution in [3.05, 3.63) is 34.9 Å². The van der Waals surface area contributed by atoms with Crippen molar-refractivity contribution < 1.29 is 4.79 Å². The van der Waals surface area contributed by atoms with E-state index in [1.165, 1.54) is 0 Å². The first-order valence-corrected chi connectivity index (χ1v) is 6.70. The number of benzene rings is 1. The first-order chi connectivity index (χ1) is 8.58. The van der Waals surface area contributed by atoms with E-state index in [4.69, 9.17) is 17.3 Å². The summed E-state index contributed by atoms with van der Waals surface area (Å²) in [6.45, 7) is 4.52. The highest BCUT2D eigenvalue weighted by Gasteiger charge is 2.15. The molecule has 0 aliphatic heterocycles. The highest BCUT2D eigenvalue weighted by atomic mass is 35.5. The average molecular weight is 269 g/mol. The summed E-state index contributed by atoms with van der Waals surface area (Å²) < 4.78 is 0. The molecule has 0 spiro atoms. The number of hydrogen-bond donors (Lipinski definition) is 2. The summed E-state index contributed by atoms with van der Waals surface area (Å²) >= 11 is 6.09. The fraction of sp³-hybridized carbons (Fsp3) is 0.500. The van der Waals surface area contributed by atoms with Gasteiger partial charge >= 0.3 is 0 Å². The van der Waals surface area contributed by atoms with Gasteiger partial charge in [0, 0.05) is 11.4 Å². The predicted octanol–water partition coefficient (Wildman–Crippen LogP) is 2.89. The Balaban J connectivity index is 2.57. The minimum atomic E-state index is -0.0820. The molecule has 0 bridgehead atoms. The SMILES string of the molecule is CCC(CN)CC(=O)N[C@@H](C)c1ccccc1Cl. The minimum Gasteiger partial charge on any atom is -0.350 e. The van der Waals surface area contributed by atoms with Gasteiger partial charge in [-0.2, -0.15) is 0 Å². The molecule has 3 N–H and O–H groups in total. The molecule has 1 amide bonds. The molecule has 0 saturated carbocycles. The quantitative estimate of drug-likeness (QED) is 0.834. The lowest BCUT2D eigenvalue weighted by Gasteiger charge is -2.18. The third-order valence-electron chi connectivity index (χ3n) is 3.13. The highest BCUT2D eigenvalue weighted by molar-refractivity contribution is 6.31. The molecule has 100 valence electrons. The molecule has 3 nitrogen and oxygen atoms in total. The molecule has 0 saturated heterocycles. The van der Waals surface area contributed by atoms with Gasteiger partial charge in [-0.15, -0.1) is 0 Å². The molecular formula is C14H21ClN2O. The highest BCUT2D eigenvalue weighted by Crippen LogP contribution is 2.22. The van der Waals surface area contributed by atoms with Crippen LogP contribution >= 0.6 is 11.6 Å². The first kappa shape index (κ1) is 15.0. The molecule has 0 aromatic heterocycles. The van der Waals surface area contributed by atoms with Crippen LogP contribution in [0.5, 0.6) is 0 Å². The monoisotopic (exact) mass is 268 g/mol. The number of hydrogen-bond acceptors (Lipinski definition) is 2. The summed E-state index contributed by atoms with van der Waals surface area (Å²) in [7, 11) is 0. The molecule has 2 atom stereocenters. The molecule has 0 heterocycles. The number of halogens is 1. The number of carbonyl (C=O) groups is 1. The molecular weight excluding hydrogens is 248 g/mol. The lowest BCUT2D eigenvalue weighted by atomic mass is 10.0. The van der Waals surface area contributed by atoms with Gasteiger partial charge in [0.1, 0.15) is 0 Å². The van der Waals surface area contributed by atoms with Gasteiger partial charge in [-0.25, -0.2) is 0 Å². The maximum atomic E-state index is 11.9. The van der Waals surface area contributed by atoms with Crippen LogP contribution in [0.4, 0.5) is 0 Å². The van der Waals surface area contributed by atoms with E-state index < -0.39 is 0 Å². The zero-order valence-corrected chi connectivity index (χ0v) is 11.7. The topological polar surface area (TPSA) is 55.1 Å². The van der Waals surface area contributed by atoms with Crippen molar-refractivity contribution in [1.82, 2.24) is 5.32 Å². The predicted molar refractivity (Wildman–Crippen MR) is 75.5 cm³/mol. The normalized spacial score (nSPS) is 14.0. The van der Waals surface area contributed by atoms with Gasteiger partial charge in [0.25, 0.3) is 0 Å². The average Bonchev–Trinajstić information content (AvgIpc) is 2.36. The summed E-state index contributed by atoms with van der Waals surface area (Å²) in [6.07, 6.45) is 1.40. The van der Waals surface area contributed by atoms with E-state index in [-0.39, 0.29) is 17.9 Å². The van der Waals surface area contributed by atoms with Crippen LogP contribution in [-0.2, 0) is 4.79 Å². The number of amides is 1. The molecule has 1 aromatic rings. The number of carbonyl (C=O) groups excluding carboxylic acids is 1. The molecule has 0 aliphatic rings. The Morgan fingerprint density at radius 1 is 1.44 bits per heavy atom. The van der Waals surface area contributed by atoms with Crippen molar-refractivity contribution in [1.29, 1.82) is 0 Å². The number of nitrogens with two attached hydrogens (primary N) is 1. The van der Waals surface area contributed by atoms with Crippen molar-refractivity contribution in [2.75, 3.05) is 6.54 Å². The second kappa shape index (κ2) is 7.39. The third kappa shape index (κ3) is 4.31.